The van der Waals surface area contributed by atoms with Crippen molar-refractivity contribution in [3.05, 3.63) is 35.5 Å². The maximum absolute atomic E-state index is 11.9. The largest absolute Gasteiger partial charge is 0.376 e. The number of hydrogen-bond acceptors (Lipinski definition) is 5. The topological polar surface area (TPSA) is 80.0 Å². The summed E-state index contributed by atoms with van der Waals surface area (Å²) in [5, 5.41) is 10.3. The lowest BCUT2D eigenvalue weighted by atomic mass is 10.1. The Hall–Kier alpha value is -2.37. The van der Waals surface area contributed by atoms with Crippen LogP contribution in [0.1, 0.15) is 44.0 Å². The van der Waals surface area contributed by atoms with Gasteiger partial charge in [-0.2, -0.15) is 4.98 Å². The molecule has 1 aliphatic carbocycles. The van der Waals surface area contributed by atoms with Crippen molar-refractivity contribution in [2.75, 3.05) is 10.6 Å². The van der Waals surface area contributed by atoms with Gasteiger partial charge in [0.25, 0.3) is 0 Å². The summed E-state index contributed by atoms with van der Waals surface area (Å²) in [6, 6.07) is 5.86. The smallest absolute Gasteiger partial charge is 0.245 e. The van der Waals surface area contributed by atoms with Gasteiger partial charge in [-0.1, -0.05) is 25.1 Å². The van der Waals surface area contributed by atoms with Crippen molar-refractivity contribution < 1.29 is 9.32 Å². The summed E-state index contributed by atoms with van der Waals surface area (Å²) >= 11 is 0. The summed E-state index contributed by atoms with van der Waals surface area (Å²) in [5.74, 6) is 2.11. The van der Waals surface area contributed by atoms with Crippen LogP contribution in [0.2, 0.25) is 0 Å². The lowest BCUT2D eigenvalue weighted by Crippen LogP contribution is -2.13. The molecule has 1 aromatic carbocycles. The second-order valence-electron chi connectivity index (χ2n) is 6.85. The highest BCUT2D eigenvalue weighted by Gasteiger charge is 2.29. The third-order valence-electron chi connectivity index (χ3n) is 3.98. The zero-order valence-electron chi connectivity index (χ0n) is 14.4. The molecule has 0 aliphatic heterocycles. The van der Waals surface area contributed by atoms with Crippen LogP contribution in [0.3, 0.4) is 0 Å². The minimum Gasteiger partial charge on any atom is -0.376 e. The fraction of sp³-hybridized carbons (Fsp3) is 0.500. The first-order valence-corrected chi connectivity index (χ1v) is 8.48. The molecule has 6 nitrogen and oxygen atoms in total. The zero-order chi connectivity index (χ0) is 17.1. The number of anilines is 2. The summed E-state index contributed by atoms with van der Waals surface area (Å²) < 4.78 is 5.27. The molecule has 1 heterocycles. The van der Waals surface area contributed by atoms with E-state index in [1.807, 2.05) is 25.1 Å². The lowest BCUT2D eigenvalue weighted by molar-refractivity contribution is -0.117. The van der Waals surface area contributed by atoms with Gasteiger partial charge >= 0.3 is 0 Å². The fourth-order valence-electron chi connectivity index (χ4n) is 2.46. The Balaban J connectivity index is 1.61. The average Bonchev–Trinajstić information content (AvgIpc) is 3.29. The molecule has 1 aromatic heterocycles. The standard InChI is InChI=1S/C18H24N4O2/c1-11(2)8-16-21-17(24-22-16)10-19-15-9-14(7-4-12(15)3)20-18(23)13-5-6-13/h4,7,9,11,13,19H,5-6,8,10H2,1-3H3,(H,20,23). The van der Waals surface area contributed by atoms with Crippen LogP contribution < -0.4 is 10.6 Å². The van der Waals surface area contributed by atoms with Crippen LogP contribution in [0.15, 0.2) is 22.7 Å². The van der Waals surface area contributed by atoms with E-state index >= 15 is 0 Å². The molecule has 0 atom stereocenters. The van der Waals surface area contributed by atoms with Gasteiger partial charge in [0.2, 0.25) is 11.8 Å². The summed E-state index contributed by atoms with van der Waals surface area (Å²) in [4.78, 5) is 16.3. The van der Waals surface area contributed by atoms with Gasteiger partial charge in [-0.15, -0.1) is 0 Å². The molecule has 0 saturated heterocycles. The number of carbonyl (C=O) groups excluding carboxylic acids is 1. The molecule has 1 amide bonds. The highest BCUT2D eigenvalue weighted by molar-refractivity contribution is 5.94. The Bertz CT molecular complexity index is 720. The minimum atomic E-state index is 0.111. The summed E-state index contributed by atoms with van der Waals surface area (Å²) in [6.45, 7) is 6.73. The normalized spacial score (nSPS) is 14.0. The van der Waals surface area contributed by atoms with Gasteiger partial charge in [0.05, 0.1) is 6.54 Å². The molecule has 0 spiro atoms. The van der Waals surface area contributed by atoms with E-state index in [1.54, 1.807) is 0 Å². The van der Waals surface area contributed by atoms with E-state index in [4.69, 9.17) is 4.52 Å². The van der Waals surface area contributed by atoms with Crippen molar-refractivity contribution in [2.45, 2.75) is 46.6 Å². The van der Waals surface area contributed by atoms with Crippen LogP contribution in [0.5, 0.6) is 0 Å². The van der Waals surface area contributed by atoms with Crippen molar-refractivity contribution in [1.82, 2.24) is 10.1 Å². The predicted molar refractivity (Wildman–Crippen MR) is 92.7 cm³/mol. The third-order valence-corrected chi connectivity index (χ3v) is 3.98. The summed E-state index contributed by atoms with van der Waals surface area (Å²) in [7, 11) is 0. The van der Waals surface area contributed by atoms with Crippen LogP contribution in [-0.4, -0.2) is 16.0 Å². The molecule has 128 valence electrons. The number of nitrogens with one attached hydrogen (secondary N) is 2. The maximum atomic E-state index is 11.9. The highest BCUT2D eigenvalue weighted by atomic mass is 16.5. The second kappa shape index (κ2) is 7.03. The molecule has 6 heteroatoms. The fourth-order valence-corrected chi connectivity index (χ4v) is 2.46. The Labute approximate surface area is 142 Å². The summed E-state index contributed by atoms with van der Waals surface area (Å²) in [5.41, 5.74) is 2.86. The first kappa shape index (κ1) is 16.5. The molecular formula is C18H24N4O2. The van der Waals surface area contributed by atoms with Gasteiger partial charge in [-0.25, -0.2) is 0 Å². The second-order valence-corrected chi connectivity index (χ2v) is 6.85. The van der Waals surface area contributed by atoms with E-state index in [-0.39, 0.29) is 11.8 Å². The monoisotopic (exact) mass is 328 g/mol. The summed E-state index contributed by atoms with van der Waals surface area (Å²) in [6.07, 6.45) is 2.81. The number of amides is 1. The van der Waals surface area contributed by atoms with E-state index in [9.17, 15) is 4.79 Å². The SMILES string of the molecule is Cc1ccc(NC(=O)C2CC2)cc1NCc1nc(CC(C)C)no1. The van der Waals surface area contributed by atoms with Gasteiger partial charge < -0.3 is 15.2 Å². The quantitative estimate of drug-likeness (QED) is 0.812. The molecular weight excluding hydrogens is 304 g/mol. The molecule has 3 rings (SSSR count). The lowest BCUT2D eigenvalue weighted by Gasteiger charge is -2.11. The molecule has 1 saturated carbocycles. The van der Waals surface area contributed by atoms with Crippen molar-refractivity contribution in [3.8, 4) is 0 Å². The number of hydrogen-bond donors (Lipinski definition) is 2. The molecule has 2 N–H and O–H groups in total. The number of nitrogens with zero attached hydrogens (tertiary/aromatic N) is 2. The van der Waals surface area contributed by atoms with Crippen LogP contribution in [-0.2, 0) is 17.8 Å². The van der Waals surface area contributed by atoms with E-state index < -0.39 is 0 Å². The number of benzene rings is 1. The molecule has 0 radical (unpaired) electrons. The van der Waals surface area contributed by atoms with Gasteiger partial charge in [-0.05, 0) is 43.4 Å². The third kappa shape index (κ3) is 4.34. The number of aryl methyl sites for hydroxylation is 1. The number of rotatable bonds is 7. The molecule has 1 fully saturated rings. The average molecular weight is 328 g/mol. The zero-order valence-corrected chi connectivity index (χ0v) is 14.4. The Kier molecular flexibility index (Phi) is 4.83. The van der Waals surface area contributed by atoms with E-state index in [2.05, 4.69) is 34.6 Å². The van der Waals surface area contributed by atoms with Crippen LogP contribution >= 0.6 is 0 Å². The molecule has 2 aromatic rings. The first-order chi connectivity index (χ1) is 11.5. The van der Waals surface area contributed by atoms with Crippen molar-refractivity contribution in [3.63, 3.8) is 0 Å². The van der Waals surface area contributed by atoms with Crippen LogP contribution in [0.25, 0.3) is 0 Å². The van der Waals surface area contributed by atoms with E-state index in [0.717, 1.165) is 42.0 Å². The minimum absolute atomic E-state index is 0.111. The molecule has 0 bridgehead atoms. The van der Waals surface area contributed by atoms with Crippen molar-refractivity contribution in [2.24, 2.45) is 11.8 Å². The molecule has 1 aliphatic rings. The van der Waals surface area contributed by atoms with E-state index in [0.29, 0.717) is 18.4 Å². The van der Waals surface area contributed by atoms with Crippen molar-refractivity contribution in [1.29, 1.82) is 0 Å². The first-order valence-electron chi connectivity index (χ1n) is 8.48. The van der Waals surface area contributed by atoms with Crippen molar-refractivity contribution >= 4 is 17.3 Å². The Morgan fingerprint density at radius 3 is 2.88 bits per heavy atom. The number of carbonyl (C=O) groups is 1. The number of aromatic nitrogens is 2. The van der Waals surface area contributed by atoms with Crippen LogP contribution in [0.4, 0.5) is 11.4 Å². The molecule has 0 unspecified atom stereocenters. The van der Waals surface area contributed by atoms with Crippen LogP contribution in [0, 0.1) is 18.8 Å². The highest BCUT2D eigenvalue weighted by Crippen LogP contribution is 2.30. The Morgan fingerprint density at radius 2 is 2.17 bits per heavy atom. The van der Waals surface area contributed by atoms with Gasteiger partial charge in [0, 0.05) is 23.7 Å². The van der Waals surface area contributed by atoms with Gasteiger partial charge in [0.1, 0.15) is 0 Å². The predicted octanol–water partition coefficient (Wildman–Crippen LogP) is 3.54. The Morgan fingerprint density at radius 1 is 1.38 bits per heavy atom. The van der Waals surface area contributed by atoms with Gasteiger partial charge in [-0.3, -0.25) is 4.79 Å². The van der Waals surface area contributed by atoms with Gasteiger partial charge in [0.15, 0.2) is 5.82 Å². The molecule has 24 heavy (non-hydrogen) atoms. The van der Waals surface area contributed by atoms with E-state index in [1.165, 1.54) is 0 Å². The maximum Gasteiger partial charge on any atom is 0.245 e.